The summed E-state index contributed by atoms with van der Waals surface area (Å²) in [5, 5.41) is 21.3. The maximum Gasteiger partial charge on any atom is 0.341 e. The minimum absolute atomic E-state index is 0.144. The van der Waals surface area contributed by atoms with Gasteiger partial charge >= 0.3 is 5.97 Å². The van der Waals surface area contributed by atoms with Crippen LogP contribution in [0.3, 0.4) is 0 Å². The smallest absolute Gasteiger partial charge is 0.341 e. The van der Waals surface area contributed by atoms with E-state index in [1.807, 2.05) is 30.3 Å². The van der Waals surface area contributed by atoms with E-state index in [0.29, 0.717) is 17.3 Å². The summed E-state index contributed by atoms with van der Waals surface area (Å²) in [6.45, 7) is 0.0779. The number of hydrogen-bond donors (Lipinski definition) is 2. The molecule has 5 heteroatoms. The number of hydrogen-bond acceptors (Lipinski definition) is 3. The van der Waals surface area contributed by atoms with E-state index in [0.717, 1.165) is 21.9 Å². The predicted molar refractivity (Wildman–Crippen MR) is 109 cm³/mol. The number of carboxylic acids is 1. The highest BCUT2D eigenvalue weighted by Gasteiger charge is 2.15. The van der Waals surface area contributed by atoms with Gasteiger partial charge in [0, 0.05) is 18.1 Å². The van der Waals surface area contributed by atoms with E-state index in [1.165, 1.54) is 6.20 Å². The molecule has 4 rings (SSSR count). The fourth-order valence-corrected chi connectivity index (χ4v) is 3.67. The van der Waals surface area contributed by atoms with E-state index in [9.17, 15) is 19.8 Å². The molecule has 0 amide bonds. The topological polar surface area (TPSA) is 79.5 Å². The Balaban J connectivity index is 1.86. The van der Waals surface area contributed by atoms with Crippen LogP contribution in [0.2, 0.25) is 0 Å². The number of aliphatic hydroxyl groups excluding tert-OH is 1. The SMILES string of the molecule is O=C(O)c1cn(CCO)c2ccc(Cc3cccc4ccccc34)cc2c1=O. The summed E-state index contributed by atoms with van der Waals surface area (Å²) < 4.78 is 1.61. The number of rotatable bonds is 5. The van der Waals surface area contributed by atoms with Crippen molar-refractivity contribution in [3.8, 4) is 0 Å². The van der Waals surface area contributed by atoms with Gasteiger partial charge in [-0.3, -0.25) is 4.79 Å². The third-order valence-electron chi connectivity index (χ3n) is 4.99. The third kappa shape index (κ3) is 3.17. The number of aromatic carboxylic acids is 1. The van der Waals surface area contributed by atoms with E-state index in [-0.39, 0.29) is 18.7 Å². The van der Waals surface area contributed by atoms with E-state index >= 15 is 0 Å². The molecule has 0 saturated carbocycles. The van der Waals surface area contributed by atoms with Crippen molar-refractivity contribution in [2.24, 2.45) is 0 Å². The van der Waals surface area contributed by atoms with E-state index in [4.69, 9.17) is 0 Å². The van der Waals surface area contributed by atoms with Crippen molar-refractivity contribution in [1.29, 1.82) is 0 Å². The summed E-state index contributed by atoms with van der Waals surface area (Å²) in [7, 11) is 0. The van der Waals surface area contributed by atoms with Crippen LogP contribution in [0, 0.1) is 0 Å². The summed E-state index contributed by atoms with van der Waals surface area (Å²) in [6.07, 6.45) is 1.93. The van der Waals surface area contributed by atoms with Gasteiger partial charge in [0.1, 0.15) is 5.56 Å². The van der Waals surface area contributed by atoms with Gasteiger partial charge in [-0.25, -0.2) is 4.79 Å². The van der Waals surface area contributed by atoms with Crippen molar-refractivity contribution in [1.82, 2.24) is 4.57 Å². The average molecular weight is 373 g/mol. The van der Waals surface area contributed by atoms with Crippen LogP contribution in [0.25, 0.3) is 21.7 Å². The molecule has 1 heterocycles. The summed E-state index contributed by atoms with van der Waals surface area (Å²) in [5.41, 5.74) is 1.90. The van der Waals surface area contributed by atoms with Gasteiger partial charge in [-0.05, 0) is 40.5 Å². The molecule has 0 bridgehead atoms. The minimum Gasteiger partial charge on any atom is -0.477 e. The van der Waals surface area contributed by atoms with Crippen molar-refractivity contribution in [2.75, 3.05) is 6.61 Å². The second-order valence-electron chi connectivity index (χ2n) is 6.76. The number of benzene rings is 3. The van der Waals surface area contributed by atoms with Crippen LogP contribution in [0.15, 0.2) is 71.7 Å². The van der Waals surface area contributed by atoms with Crippen LogP contribution in [0.5, 0.6) is 0 Å². The number of nitrogens with zero attached hydrogens (tertiary/aromatic N) is 1. The van der Waals surface area contributed by atoms with Gasteiger partial charge in [0.05, 0.1) is 12.1 Å². The third-order valence-corrected chi connectivity index (χ3v) is 4.99. The molecule has 0 aliphatic carbocycles. The first-order chi connectivity index (χ1) is 13.6. The van der Waals surface area contributed by atoms with Gasteiger partial charge in [-0.2, -0.15) is 0 Å². The van der Waals surface area contributed by atoms with Crippen molar-refractivity contribution in [3.05, 3.63) is 93.8 Å². The molecule has 0 aliphatic rings. The van der Waals surface area contributed by atoms with E-state index in [1.54, 1.807) is 10.6 Å². The summed E-state index contributed by atoms with van der Waals surface area (Å²) in [5.74, 6) is -1.27. The average Bonchev–Trinajstić information content (AvgIpc) is 2.70. The standard InChI is InChI=1S/C23H19NO4/c25-11-10-24-14-20(23(27)28)22(26)19-13-15(8-9-21(19)24)12-17-6-3-5-16-4-1-2-7-18(16)17/h1-9,13-14,25H,10-12H2,(H,27,28). The zero-order chi connectivity index (χ0) is 19.7. The lowest BCUT2D eigenvalue weighted by Crippen LogP contribution is -2.19. The molecule has 28 heavy (non-hydrogen) atoms. The number of fused-ring (bicyclic) bond motifs is 2. The van der Waals surface area contributed by atoms with Crippen molar-refractivity contribution < 1.29 is 15.0 Å². The Morgan fingerprint density at radius 2 is 1.75 bits per heavy atom. The van der Waals surface area contributed by atoms with Crippen LogP contribution in [-0.2, 0) is 13.0 Å². The normalized spacial score (nSPS) is 11.2. The van der Waals surface area contributed by atoms with Gasteiger partial charge in [-0.1, -0.05) is 48.5 Å². The number of aliphatic hydroxyl groups is 1. The van der Waals surface area contributed by atoms with Crippen LogP contribution < -0.4 is 5.43 Å². The Bertz CT molecular complexity index is 1250. The number of aromatic nitrogens is 1. The number of carbonyl (C=O) groups is 1. The predicted octanol–water partition coefficient (Wildman–Crippen LogP) is 3.44. The highest BCUT2D eigenvalue weighted by atomic mass is 16.4. The molecule has 4 aromatic rings. The molecule has 0 saturated heterocycles. The van der Waals surface area contributed by atoms with Crippen molar-refractivity contribution >= 4 is 27.6 Å². The Labute approximate surface area is 161 Å². The maximum atomic E-state index is 12.7. The molecular formula is C23H19NO4. The first-order valence-corrected chi connectivity index (χ1v) is 9.05. The zero-order valence-electron chi connectivity index (χ0n) is 15.1. The van der Waals surface area contributed by atoms with Gasteiger partial charge in [0.25, 0.3) is 0 Å². The summed E-state index contributed by atoms with van der Waals surface area (Å²) in [4.78, 5) is 24.2. The zero-order valence-corrected chi connectivity index (χ0v) is 15.1. The van der Waals surface area contributed by atoms with Gasteiger partial charge < -0.3 is 14.8 Å². The highest BCUT2D eigenvalue weighted by Crippen LogP contribution is 2.23. The number of pyridine rings is 1. The molecular weight excluding hydrogens is 354 g/mol. The highest BCUT2D eigenvalue weighted by molar-refractivity contribution is 5.93. The van der Waals surface area contributed by atoms with E-state index < -0.39 is 11.4 Å². The molecule has 0 aliphatic heterocycles. The monoisotopic (exact) mass is 373 g/mol. The van der Waals surface area contributed by atoms with Crippen molar-refractivity contribution in [3.63, 3.8) is 0 Å². The Kier molecular flexibility index (Phi) is 4.67. The summed E-state index contributed by atoms with van der Waals surface area (Å²) in [6, 6.07) is 19.8. The van der Waals surface area contributed by atoms with Crippen LogP contribution >= 0.6 is 0 Å². The molecule has 0 unspecified atom stereocenters. The Morgan fingerprint density at radius 1 is 0.964 bits per heavy atom. The maximum absolute atomic E-state index is 12.7. The summed E-state index contributed by atoms with van der Waals surface area (Å²) >= 11 is 0. The van der Waals surface area contributed by atoms with Gasteiger partial charge in [-0.15, -0.1) is 0 Å². The Morgan fingerprint density at radius 3 is 2.54 bits per heavy atom. The lowest BCUT2D eigenvalue weighted by molar-refractivity contribution is 0.0694. The van der Waals surface area contributed by atoms with Gasteiger partial charge in [0.2, 0.25) is 5.43 Å². The second-order valence-corrected chi connectivity index (χ2v) is 6.76. The first-order valence-electron chi connectivity index (χ1n) is 9.05. The molecule has 3 aromatic carbocycles. The molecule has 0 spiro atoms. The molecule has 1 aromatic heterocycles. The van der Waals surface area contributed by atoms with Crippen LogP contribution in [-0.4, -0.2) is 27.4 Å². The molecule has 0 fully saturated rings. The Hall–Kier alpha value is -3.44. The fraction of sp³-hybridized carbons (Fsp3) is 0.130. The van der Waals surface area contributed by atoms with Gasteiger partial charge in [0.15, 0.2) is 0 Å². The molecule has 5 nitrogen and oxygen atoms in total. The quantitative estimate of drug-likeness (QED) is 0.562. The van der Waals surface area contributed by atoms with Crippen LogP contribution in [0.4, 0.5) is 0 Å². The molecule has 2 N–H and O–H groups in total. The molecule has 0 atom stereocenters. The van der Waals surface area contributed by atoms with Crippen molar-refractivity contribution in [2.45, 2.75) is 13.0 Å². The second kappa shape index (κ2) is 7.29. The lowest BCUT2D eigenvalue weighted by atomic mass is 9.97. The fourth-order valence-electron chi connectivity index (χ4n) is 3.67. The van der Waals surface area contributed by atoms with E-state index in [2.05, 4.69) is 24.3 Å². The largest absolute Gasteiger partial charge is 0.477 e. The first kappa shape index (κ1) is 17.9. The lowest BCUT2D eigenvalue weighted by Gasteiger charge is -2.13. The van der Waals surface area contributed by atoms with Crippen LogP contribution in [0.1, 0.15) is 21.5 Å². The minimum atomic E-state index is -1.27. The number of carboxylic acid groups (broad SMARTS) is 1. The molecule has 0 radical (unpaired) electrons. The molecule has 140 valence electrons.